The van der Waals surface area contributed by atoms with Crippen LogP contribution in [0.4, 0.5) is 0 Å². The number of fused-ring (bicyclic) bond motifs is 1. The van der Waals surface area contributed by atoms with E-state index >= 15 is 0 Å². The van der Waals surface area contributed by atoms with Gasteiger partial charge in [-0.05, 0) is 61.7 Å². The number of ether oxygens (including phenoxy) is 2. The highest BCUT2D eigenvalue weighted by Gasteiger charge is 2.29. The average Bonchev–Trinajstić information content (AvgIpc) is 3.26. The summed E-state index contributed by atoms with van der Waals surface area (Å²) in [5.74, 6) is 1.24. The van der Waals surface area contributed by atoms with Crippen LogP contribution in [-0.4, -0.2) is 59.4 Å². The number of halogens is 1. The number of carbonyl (C=O) groups is 1. The van der Waals surface area contributed by atoms with Crippen molar-refractivity contribution in [3.8, 4) is 11.5 Å². The van der Waals surface area contributed by atoms with Gasteiger partial charge in [0.2, 0.25) is 10.0 Å². The molecule has 9 heteroatoms. The van der Waals surface area contributed by atoms with Crippen LogP contribution in [0.3, 0.4) is 0 Å². The number of unbranched alkanes of at least 4 members (excludes halogenated alkanes) is 1. The fraction of sp³-hybridized carbons (Fsp3) is 0.458. The van der Waals surface area contributed by atoms with E-state index in [1.807, 2.05) is 18.2 Å². The lowest BCUT2D eigenvalue weighted by Gasteiger charge is -2.15. The van der Waals surface area contributed by atoms with Gasteiger partial charge >= 0.3 is 0 Å². The fourth-order valence-corrected chi connectivity index (χ4v) is 4.85. The van der Waals surface area contributed by atoms with Gasteiger partial charge in [0.1, 0.15) is 16.4 Å². The molecule has 1 aliphatic heterocycles. The quantitative estimate of drug-likeness (QED) is 0.357. The van der Waals surface area contributed by atoms with Crippen molar-refractivity contribution in [3.05, 3.63) is 53.1 Å². The molecule has 0 aromatic heterocycles. The van der Waals surface area contributed by atoms with Gasteiger partial charge in [-0.1, -0.05) is 18.2 Å². The summed E-state index contributed by atoms with van der Waals surface area (Å²) in [6.45, 7) is 2.09. The molecule has 2 aromatic rings. The number of hydrogen-bond donors (Lipinski definition) is 1. The lowest BCUT2D eigenvalue weighted by atomic mass is 10.0. The maximum Gasteiger partial charge on any atom is 0.246 e. The van der Waals surface area contributed by atoms with Crippen molar-refractivity contribution in [2.24, 2.45) is 0 Å². The number of methoxy groups -OCH3 is 1. The van der Waals surface area contributed by atoms with E-state index in [0.29, 0.717) is 30.8 Å². The number of para-hydroxylation sites is 1. The van der Waals surface area contributed by atoms with Gasteiger partial charge in [-0.2, -0.15) is 0 Å². The molecule has 1 heterocycles. The molecular formula is C24H33ClN2O5S. The topological polar surface area (TPSA) is 84.9 Å². The first-order valence-corrected chi connectivity index (χ1v) is 12.4. The van der Waals surface area contributed by atoms with Gasteiger partial charge in [-0.25, -0.2) is 12.7 Å². The average molecular weight is 497 g/mol. The van der Waals surface area contributed by atoms with E-state index in [-0.39, 0.29) is 23.1 Å². The first-order chi connectivity index (χ1) is 15.3. The van der Waals surface area contributed by atoms with E-state index in [1.165, 1.54) is 25.7 Å². The predicted molar refractivity (Wildman–Crippen MR) is 132 cm³/mol. The third kappa shape index (κ3) is 6.69. The Kier molecular flexibility index (Phi) is 10.2. The van der Waals surface area contributed by atoms with Gasteiger partial charge in [0, 0.05) is 32.5 Å². The van der Waals surface area contributed by atoms with E-state index in [1.54, 1.807) is 13.2 Å². The molecule has 0 amide bonds. The molecule has 0 atom stereocenters. The molecular weight excluding hydrogens is 464 g/mol. The highest BCUT2D eigenvalue weighted by atomic mass is 35.5. The number of benzene rings is 2. The number of nitrogens with zero attached hydrogens (tertiary/aromatic N) is 1. The highest BCUT2D eigenvalue weighted by molar-refractivity contribution is 7.89. The van der Waals surface area contributed by atoms with Crippen LogP contribution in [0.5, 0.6) is 11.5 Å². The Labute approximate surface area is 202 Å². The molecule has 0 aliphatic carbocycles. The molecule has 0 spiro atoms. The number of ketones is 1. The molecule has 182 valence electrons. The third-order valence-electron chi connectivity index (χ3n) is 5.60. The summed E-state index contributed by atoms with van der Waals surface area (Å²) in [5.41, 5.74) is 2.40. The van der Waals surface area contributed by atoms with E-state index < -0.39 is 10.0 Å². The first-order valence-electron chi connectivity index (χ1n) is 10.9. The predicted octanol–water partition coefficient (Wildman–Crippen LogP) is 3.49. The molecule has 0 bridgehead atoms. The van der Waals surface area contributed by atoms with Crippen molar-refractivity contribution < 1.29 is 22.7 Å². The molecule has 0 saturated heterocycles. The molecule has 0 fully saturated rings. The van der Waals surface area contributed by atoms with Crippen molar-refractivity contribution in [1.82, 2.24) is 9.62 Å². The molecule has 1 aliphatic rings. The zero-order valence-electron chi connectivity index (χ0n) is 19.4. The van der Waals surface area contributed by atoms with E-state index in [2.05, 4.69) is 11.4 Å². The molecule has 3 rings (SSSR count). The van der Waals surface area contributed by atoms with Gasteiger partial charge in [-0.15, -0.1) is 12.4 Å². The van der Waals surface area contributed by atoms with Crippen molar-refractivity contribution >= 4 is 28.2 Å². The van der Waals surface area contributed by atoms with Crippen LogP contribution in [0.25, 0.3) is 0 Å². The summed E-state index contributed by atoms with van der Waals surface area (Å²) in [6.07, 6.45) is 3.49. The van der Waals surface area contributed by atoms with Crippen LogP contribution in [0.1, 0.15) is 40.7 Å². The van der Waals surface area contributed by atoms with Crippen LogP contribution >= 0.6 is 12.4 Å². The minimum Gasteiger partial charge on any atom is -0.496 e. The van der Waals surface area contributed by atoms with E-state index in [0.717, 1.165) is 48.0 Å². The van der Waals surface area contributed by atoms with Crippen LogP contribution in [0.15, 0.2) is 41.3 Å². The van der Waals surface area contributed by atoms with Crippen molar-refractivity contribution in [3.63, 3.8) is 0 Å². The zero-order chi connectivity index (χ0) is 23.1. The van der Waals surface area contributed by atoms with Crippen molar-refractivity contribution in [2.75, 3.05) is 40.9 Å². The minimum absolute atomic E-state index is 0. The number of sulfonamides is 1. The number of carbonyl (C=O) groups excluding carboxylic acids is 1. The fourth-order valence-electron chi connectivity index (χ4n) is 3.76. The Bertz CT molecular complexity index is 1060. The third-order valence-corrected chi connectivity index (χ3v) is 7.42. The number of rotatable bonds is 12. The smallest absolute Gasteiger partial charge is 0.246 e. The van der Waals surface area contributed by atoms with Crippen LogP contribution in [0, 0.1) is 0 Å². The largest absolute Gasteiger partial charge is 0.496 e. The SMILES string of the molecule is COc1ccccc1CCNCCCCC(=O)c1cc2c(c(S(=O)(=O)N(C)C)c1)OCC2.Cl. The normalized spacial score (nSPS) is 12.7. The molecule has 1 N–H and O–H groups in total. The number of hydrogen-bond acceptors (Lipinski definition) is 6. The number of Topliss-reactive ketones (excluding diaryl/α,β-unsaturated/α-hetero) is 1. The van der Waals surface area contributed by atoms with Crippen LogP contribution in [0.2, 0.25) is 0 Å². The monoisotopic (exact) mass is 496 g/mol. The lowest BCUT2D eigenvalue weighted by molar-refractivity contribution is 0.0979. The van der Waals surface area contributed by atoms with Gasteiger partial charge < -0.3 is 14.8 Å². The van der Waals surface area contributed by atoms with E-state index in [9.17, 15) is 13.2 Å². The number of nitrogens with one attached hydrogen (secondary N) is 1. The Morgan fingerprint density at radius 3 is 2.64 bits per heavy atom. The second-order valence-electron chi connectivity index (χ2n) is 8.04. The van der Waals surface area contributed by atoms with Crippen LogP contribution in [-0.2, 0) is 22.9 Å². The molecule has 2 aromatic carbocycles. The van der Waals surface area contributed by atoms with Crippen molar-refractivity contribution in [2.45, 2.75) is 37.0 Å². The van der Waals surface area contributed by atoms with Crippen LogP contribution < -0.4 is 14.8 Å². The summed E-state index contributed by atoms with van der Waals surface area (Å²) in [6, 6.07) is 11.2. The lowest BCUT2D eigenvalue weighted by Crippen LogP contribution is -2.23. The standard InChI is InChI=1S/C24H32N2O5S.ClH/c1-26(2)32(28,29)23-17-20(16-19-12-15-31-24(19)23)21(27)9-6-7-13-25-14-11-18-8-4-5-10-22(18)30-3;/h4-5,8,10,16-17,25H,6-7,9,11-15H2,1-3H3;1H. The zero-order valence-corrected chi connectivity index (χ0v) is 21.1. The van der Waals surface area contributed by atoms with E-state index in [4.69, 9.17) is 9.47 Å². The maximum atomic E-state index is 12.8. The minimum atomic E-state index is -3.68. The summed E-state index contributed by atoms with van der Waals surface area (Å²) < 4.78 is 37.4. The van der Waals surface area contributed by atoms with Crippen molar-refractivity contribution in [1.29, 1.82) is 0 Å². The second kappa shape index (κ2) is 12.4. The Hall–Kier alpha value is -2.13. The highest BCUT2D eigenvalue weighted by Crippen LogP contribution is 2.35. The van der Waals surface area contributed by atoms with Gasteiger partial charge in [0.15, 0.2) is 5.78 Å². The molecule has 7 nitrogen and oxygen atoms in total. The Morgan fingerprint density at radius 1 is 1.15 bits per heavy atom. The summed E-state index contributed by atoms with van der Waals surface area (Å²) in [7, 11) is 0.949. The summed E-state index contributed by atoms with van der Waals surface area (Å²) in [4.78, 5) is 12.8. The Balaban J connectivity index is 0.00000385. The first kappa shape index (κ1) is 27.1. The second-order valence-corrected chi connectivity index (χ2v) is 10.2. The Morgan fingerprint density at radius 2 is 1.91 bits per heavy atom. The molecule has 0 radical (unpaired) electrons. The van der Waals surface area contributed by atoms with Gasteiger partial charge in [-0.3, -0.25) is 4.79 Å². The maximum absolute atomic E-state index is 12.8. The molecule has 0 saturated carbocycles. The van der Waals surface area contributed by atoms with Gasteiger partial charge in [0.05, 0.1) is 13.7 Å². The molecule has 0 unspecified atom stereocenters. The summed E-state index contributed by atoms with van der Waals surface area (Å²) >= 11 is 0. The molecule has 33 heavy (non-hydrogen) atoms. The summed E-state index contributed by atoms with van der Waals surface area (Å²) in [5, 5.41) is 3.41. The van der Waals surface area contributed by atoms with Gasteiger partial charge in [0.25, 0.3) is 0 Å².